The fourth-order valence-corrected chi connectivity index (χ4v) is 4.58. The highest BCUT2D eigenvalue weighted by atomic mass is 32.2. The van der Waals surface area contributed by atoms with E-state index in [0.717, 1.165) is 16.8 Å². The van der Waals surface area contributed by atoms with Crippen LogP contribution in [-0.2, 0) is 9.59 Å². The highest BCUT2D eigenvalue weighted by Gasteiger charge is 2.39. The first-order chi connectivity index (χ1) is 13.9. The van der Waals surface area contributed by atoms with E-state index in [4.69, 9.17) is 9.47 Å². The third kappa shape index (κ3) is 4.85. The third-order valence-electron chi connectivity index (χ3n) is 4.86. The van der Waals surface area contributed by atoms with E-state index in [2.05, 4.69) is 5.32 Å². The molecule has 1 aliphatic heterocycles. The largest absolute Gasteiger partial charge is 0.497 e. The Hall–Kier alpha value is -2.67. The number of amides is 2. The number of nitrogens with zero attached hydrogens (tertiary/aromatic N) is 1. The molecule has 7 heteroatoms. The smallest absolute Gasteiger partial charge is 0.236 e. The summed E-state index contributed by atoms with van der Waals surface area (Å²) in [5, 5.41) is 2.47. The summed E-state index contributed by atoms with van der Waals surface area (Å²) in [4.78, 5) is 26.9. The molecule has 2 aromatic rings. The number of benzene rings is 2. The van der Waals surface area contributed by atoms with E-state index in [1.807, 2.05) is 56.3 Å². The zero-order valence-electron chi connectivity index (χ0n) is 17.1. The maximum atomic E-state index is 12.8. The number of hydrogen-bond donors (Lipinski definition) is 1. The second kappa shape index (κ2) is 9.22. The molecule has 0 radical (unpaired) electrons. The van der Waals surface area contributed by atoms with Crippen LogP contribution in [0.5, 0.6) is 11.5 Å². The molecule has 0 spiro atoms. The first-order valence-electron chi connectivity index (χ1n) is 9.47. The van der Waals surface area contributed by atoms with Crippen molar-refractivity contribution in [1.82, 2.24) is 4.90 Å². The number of hydrogen-bond acceptors (Lipinski definition) is 5. The molecule has 2 aromatic carbocycles. The van der Waals surface area contributed by atoms with E-state index >= 15 is 0 Å². The van der Waals surface area contributed by atoms with E-state index in [1.54, 1.807) is 30.9 Å². The number of ether oxygens (including phenoxy) is 2. The van der Waals surface area contributed by atoms with Crippen LogP contribution in [0.25, 0.3) is 0 Å². The Bertz CT molecular complexity index is 885. The summed E-state index contributed by atoms with van der Waals surface area (Å²) in [5.74, 6) is 1.29. The van der Waals surface area contributed by atoms with Crippen LogP contribution < -0.4 is 14.8 Å². The maximum absolute atomic E-state index is 12.8. The fraction of sp³-hybridized carbons (Fsp3) is 0.364. The first kappa shape index (κ1) is 21.0. The third-order valence-corrected chi connectivity index (χ3v) is 6.24. The Morgan fingerprint density at radius 1 is 1.14 bits per heavy atom. The van der Waals surface area contributed by atoms with Gasteiger partial charge in [0, 0.05) is 24.2 Å². The van der Waals surface area contributed by atoms with Crippen LogP contribution >= 0.6 is 11.8 Å². The lowest BCUT2D eigenvalue weighted by atomic mass is 10.1. The van der Waals surface area contributed by atoms with Crippen molar-refractivity contribution >= 4 is 29.3 Å². The van der Waals surface area contributed by atoms with Crippen LogP contribution in [-0.4, -0.2) is 42.7 Å². The summed E-state index contributed by atoms with van der Waals surface area (Å²) in [6.07, 6.45) is 0.218. The van der Waals surface area contributed by atoms with Crippen molar-refractivity contribution in [1.29, 1.82) is 0 Å². The monoisotopic (exact) mass is 414 g/mol. The average molecular weight is 415 g/mol. The second-order valence-electron chi connectivity index (χ2n) is 6.93. The Morgan fingerprint density at radius 3 is 2.52 bits per heavy atom. The number of carbonyl (C=O) groups is 2. The molecule has 0 aliphatic carbocycles. The van der Waals surface area contributed by atoms with Gasteiger partial charge in [-0.2, -0.15) is 0 Å². The molecule has 154 valence electrons. The molecule has 2 unspecified atom stereocenters. The number of anilines is 1. The minimum atomic E-state index is -0.227. The van der Waals surface area contributed by atoms with Gasteiger partial charge in [0.25, 0.3) is 0 Å². The molecule has 0 saturated carbocycles. The Kier molecular flexibility index (Phi) is 6.69. The number of carbonyl (C=O) groups excluding carboxylic acids is 2. The van der Waals surface area contributed by atoms with Gasteiger partial charge >= 0.3 is 0 Å². The van der Waals surface area contributed by atoms with Gasteiger partial charge in [-0.15, -0.1) is 11.8 Å². The second-order valence-corrected chi connectivity index (χ2v) is 8.36. The van der Waals surface area contributed by atoms with Gasteiger partial charge in [0.1, 0.15) is 16.9 Å². The summed E-state index contributed by atoms with van der Waals surface area (Å²) in [6.45, 7) is 4.22. The molecule has 1 fully saturated rings. The molecule has 6 nitrogen and oxygen atoms in total. The zero-order chi connectivity index (χ0) is 21.0. The standard InChI is InChI=1S/C22H26N2O4S/c1-14-5-7-16(8-6-14)23-20(25)11-12-24-21(26)15(2)29-22(24)18-13-17(27-3)9-10-19(18)28-4/h5-10,13,15,22H,11-12H2,1-4H3,(H,23,25). The van der Waals surface area contributed by atoms with Crippen molar-refractivity contribution in [3.05, 3.63) is 53.6 Å². The van der Waals surface area contributed by atoms with E-state index in [0.29, 0.717) is 18.0 Å². The van der Waals surface area contributed by atoms with Crippen molar-refractivity contribution in [3.8, 4) is 11.5 Å². The molecule has 2 amide bonds. The van der Waals surface area contributed by atoms with Crippen LogP contribution in [0.1, 0.15) is 29.8 Å². The van der Waals surface area contributed by atoms with Gasteiger partial charge in [-0.3, -0.25) is 9.59 Å². The van der Waals surface area contributed by atoms with Gasteiger partial charge in [-0.1, -0.05) is 17.7 Å². The maximum Gasteiger partial charge on any atom is 0.236 e. The van der Waals surface area contributed by atoms with E-state index < -0.39 is 0 Å². The van der Waals surface area contributed by atoms with Crippen LogP contribution in [0.15, 0.2) is 42.5 Å². The lowest BCUT2D eigenvalue weighted by molar-refractivity contribution is -0.130. The summed E-state index contributed by atoms with van der Waals surface area (Å²) in [5.41, 5.74) is 2.75. The fourth-order valence-electron chi connectivity index (χ4n) is 3.26. The van der Waals surface area contributed by atoms with Crippen molar-refractivity contribution < 1.29 is 19.1 Å². The summed E-state index contributed by atoms with van der Waals surface area (Å²) in [7, 11) is 3.21. The van der Waals surface area contributed by atoms with Crippen LogP contribution in [0, 0.1) is 6.92 Å². The summed E-state index contributed by atoms with van der Waals surface area (Å²) >= 11 is 1.55. The first-order valence-corrected chi connectivity index (χ1v) is 10.4. The summed E-state index contributed by atoms with van der Waals surface area (Å²) < 4.78 is 10.8. The molecule has 29 heavy (non-hydrogen) atoms. The van der Waals surface area contributed by atoms with E-state index in [-0.39, 0.29) is 28.9 Å². The highest BCUT2D eigenvalue weighted by Crippen LogP contribution is 2.46. The molecule has 0 bridgehead atoms. The highest BCUT2D eigenvalue weighted by molar-refractivity contribution is 8.01. The SMILES string of the molecule is COc1ccc(OC)c(C2SC(C)C(=O)N2CCC(=O)Nc2ccc(C)cc2)c1. The van der Waals surface area contributed by atoms with E-state index in [9.17, 15) is 9.59 Å². The zero-order valence-corrected chi connectivity index (χ0v) is 17.9. The molecule has 1 N–H and O–H groups in total. The minimum absolute atomic E-state index is 0.0213. The van der Waals surface area contributed by atoms with Gasteiger partial charge in [0.05, 0.1) is 19.5 Å². The Balaban J connectivity index is 1.73. The number of methoxy groups -OCH3 is 2. The molecule has 2 atom stereocenters. The van der Waals surface area contributed by atoms with Crippen LogP contribution in [0.2, 0.25) is 0 Å². The van der Waals surface area contributed by atoms with Crippen molar-refractivity contribution in [2.45, 2.75) is 30.9 Å². The van der Waals surface area contributed by atoms with Crippen LogP contribution in [0.4, 0.5) is 5.69 Å². The van der Waals surface area contributed by atoms with Gasteiger partial charge in [0.15, 0.2) is 0 Å². The predicted octanol–water partition coefficient (Wildman–Crippen LogP) is 4.00. The average Bonchev–Trinajstić information content (AvgIpc) is 3.01. The number of nitrogens with one attached hydrogen (secondary N) is 1. The molecule has 1 aliphatic rings. The van der Waals surface area contributed by atoms with Crippen molar-refractivity contribution in [2.75, 3.05) is 26.1 Å². The van der Waals surface area contributed by atoms with Crippen molar-refractivity contribution in [3.63, 3.8) is 0 Å². The molecule has 1 saturated heterocycles. The lowest BCUT2D eigenvalue weighted by Gasteiger charge is -2.25. The van der Waals surface area contributed by atoms with Gasteiger partial charge < -0.3 is 19.7 Å². The van der Waals surface area contributed by atoms with Gasteiger partial charge in [-0.25, -0.2) is 0 Å². The van der Waals surface area contributed by atoms with E-state index in [1.165, 1.54) is 0 Å². The van der Waals surface area contributed by atoms with Gasteiger partial charge in [0.2, 0.25) is 11.8 Å². The summed E-state index contributed by atoms with van der Waals surface area (Å²) in [6, 6.07) is 13.2. The lowest BCUT2D eigenvalue weighted by Crippen LogP contribution is -2.33. The van der Waals surface area contributed by atoms with Crippen LogP contribution in [0.3, 0.4) is 0 Å². The molecule has 1 heterocycles. The molecule has 3 rings (SSSR count). The normalized spacial score (nSPS) is 18.6. The Labute approximate surface area is 175 Å². The van der Waals surface area contributed by atoms with Gasteiger partial charge in [-0.05, 0) is 44.2 Å². The number of thioether (sulfide) groups is 1. The molecular weight excluding hydrogens is 388 g/mol. The topological polar surface area (TPSA) is 67.9 Å². The predicted molar refractivity (Wildman–Crippen MR) is 115 cm³/mol. The quantitative estimate of drug-likeness (QED) is 0.742. The Morgan fingerprint density at radius 2 is 1.86 bits per heavy atom. The number of rotatable bonds is 7. The molecule has 0 aromatic heterocycles. The van der Waals surface area contributed by atoms with Crippen molar-refractivity contribution in [2.24, 2.45) is 0 Å². The molecular formula is C22H26N2O4S. The minimum Gasteiger partial charge on any atom is -0.497 e. The number of aryl methyl sites for hydroxylation is 1.